The lowest BCUT2D eigenvalue weighted by atomic mass is 10.1. The normalized spacial score (nSPS) is 13.6. The van der Waals surface area contributed by atoms with Crippen LogP contribution < -0.4 is 0 Å². The molecule has 1 aromatic rings. The number of carbonyl (C=O) groups is 1. The van der Waals surface area contributed by atoms with Gasteiger partial charge in [-0.15, -0.1) is 11.6 Å². The maximum atomic E-state index is 12.4. The van der Waals surface area contributed by atoms with Crippen molar-refractivity contribution in [2.24, 2.45) is 0 Å². The van der Waals surface area contributed by atoms with Crippen molar-refractivity contribution in [3.8, 4) is 0 Å². The molecule has 88 valence electrons. The topological polar surface area (TPSA) is 17.1 Å². The van der Waals surface area contributed by atoms with Gasteiger partial charge in [0.2, 0.25) is 0 Å². The molecule has 0 saturated heterocycles. The highest BCUT2D eigenvalue weighted by molar-refractivity contribution is 9.10. The van der Waals surface area contributed by atoms with Crippen molar-refractivity contribution in [3.63, 3.8) is 0 Å². The molecule has 0 saturated carbocycles. The summed E-state index contributed by atoms with van der Waals surface area (Å²) in [6.07, 6.45) is -4.47. The number of rotatable bonds is 2. The summed E-state index contributed by atoms with van der Waals surface area (Å²) < 4.78 is 37.5. The Labute approximate surface area is 104 Å². The molecule has 0 bridgehead atoms. The van der Waals surface area contributed by atoms with E-state index in [-0.39, 0.29) is 5.56 Å². The third-order valence-electron chi connectivity index (χ3n) is 1.92. The van der Waals surface area contributed by atoms with Crippen LogP contribution >= 0.6 is 27.5 Å². The van der Waals surface area contributed by atoms with Crippen LogP contribution in [0.5, 0.6) is 0 Å². The summed E-state index contributed by atoms with van der Waals surface area (Å²) in [5, 5.41) is -0.861. The van der Waals surface area contributed by atoms with Crippen molar-refractivity contribution in [2.75, 3.05) is 0 Å². The van der Waals surface area contributed by atoms with E-state index in [9.17, 15) is 18.0 Å². The number of hydrogen-bond donors (Lipinski definition) is 0. The zero-order valence-electron chi connectivity index (χ0n) is 8.11. The van der Waals surface area contributed by atoms with Crippen LogP contribution in [0.4, 0.5) is 13.2 Å². The predicted molar refractivity (Wildman–Crippen MR) is 58.8 cm³/mol. The van der Waals surface area contributed by atoms with Crippen LogP contribution in [0, 0.1) is 0 Å². The van der Waals surface area contributed by atoms with E-state index in [0.717, 1.165) is 12.1 Å². The number of carbonyl (C=O) groups excluding carboxylic acids is 1. The molecule has 1 aromatic carbocycles. The molecule has 1 nitrogen and oxygen atoms in total. The first kappa shape index (κ1) is 13.5. The molecular weight excluding hydrogens is 308 g/mol. The van der Waals surface area contributed by atoms with E-state index in [1.54, 1.807) is 0 Å². The minimum atomic E-state index is -4.47. The molecule has 1 atom stereocenters. The molecular formula is C10H7BrClF3O. The Morgan fingerprint density at radius 3 is 2.44 bits per heavy atom. The number of alkyl halides is 4. The Hall–Kier alpha value is -0.550. The molecule has 0 amide bonds. The third-order valence-corrected chi connectivity index (χ3v) is 2.81. The first-order chi connectivity index (χ1) is 7.23. The van der Waals surface area contributed by atoms with E-state index in [4.69, 9.17) is 11.6 Å². The number of hydrogen-bond acceptors (Lipinski definition) is 1. The fourth-order valence-corrected chi connectivity index (χ4v) is 1.66. The fourth-order valence-electron chi connectivity index (χ4n) is 1.10. The maximum absolute atomic E-state index is 12.4. The number of Topliss-reactive ketones (excluding diaryl/α,β-unsaturated/α-hetero) is 1. The van der Waals surface area contributed by atoms with Gasteiger partial charge in [-0.25, -0.2) is 0 Å². The number of halogens is 5. The molecule has 1 unspecified atom stereocenters. The van der Waals surface area contributed by atoms with Gasteiger partial charge in [-0.3, -0.25) is 4.79 Å². The second-order valence-electron chi connectivity index (χ2n) is 3.17. The maximum Gasteiger partial charge on any atom is 0.416 e. The molecule has 6 heteroatoms. The van der Waals surface area contributed by atoms with Gasteiger partial charge in [0, 0.05) is 10.0 Å². The summed E-state index contributed by atoms with van der Waals surface area (Å²) in [6.45, 7) is 1.41. The Bertz CT molecular complexity index is 415. The van der Waals surface area contributed by atoms with Crippen LogP contribution in [0.3, 0.4) is 0 Å². The largest absolute Gasteiger partial charge is 0.416 e. The minimum absolute atomic E-state index is 0.0580. The number of ketones is 1. The van der Waals surface area contributed by atoms with E-state index in [1.807, 2.05) is 0 Å². The van der Waals surface area contributed by atoms with Crippen LogP contribution in [0.1, 0.15) is 22.8 Å². The fraction of sp³-hybridized carbons (Fsp3) is 0.300. The Kier molecular flexibility index (Phi) is 4.02. The standard InChI is InChI=1S/C10H7BrClF3O/c1-5(12)9(16)7-4-6(10(13,14)15)2-3-8(7)11/h2-5H,1H3. The average molecular weight is 316 g/mol. The van der Waals surface area contributed by atoms with Gasteiger partial charge in [0.05, 0.1) is 10.9 Å². The highest BCUT2D eigenvalue weighted by Gasteiger charge is 2.31. The smallest absolute Gasteiger partial charge is 0.292 e. The zero-order valence-corrected chi connectivity index (χ0v) is 10.4. The molecule has 0 spiro atoms. The molecule has 0 aromatic heterocycles. The Morgan fingerprint density at radius 1 is 1.44 bits per heavy atom. The van der Waals surface area contributed by atoms with E-state index in [1.165, 1.54) is 13.0 Å². The highest BCUT2D eigenvalue weighted by Crippen LogP contribution is 2.32. The van der Waals surface area contributed by atoms with Crippen molar-refractivity contribution in [3.05, 3.63) is 33.8 Å². The van der Waals surface area contributed by atoms with Crippen molar-refractivity contribution in [1.29, 1.82) is 0 Å². The van der Waals surface area contributed by atoms with Crippen molar-refractivity contribution in [2.45, 2.75) is 18.5 Å². The molecule has 0 aliphatic heterocycles. The minimum Gasteiger partial charge on any atom is -0.292 e. The molecule has 0 aliphatic rings. The molecule has 0 N–H and O–H groups in total. The Balaban J connectivity index is 3.25. The quantitative estimate of drug-likeness (QED) is 0.588. The second-order valence-corrected chi connectivity index (χ2v) is 4.68. The third kappa shape index (κ3) is 2.98. The summed E-state index contributed by atoms with van der Waals surface area (Å²) in [5.41, 5.74) is -0.923. The Morgan fingerprint density at radius 2 is 2.00 bits per heavy atom. The van der Waals surface area contributed by atoms with Gasteiger partial charge in [-0.2, -0.15) is 13.2 Å². The monoisotopic (exact) mass is 314 g/mol. The highest BCUT2D eigenvalue weighted by atomic mass is 79.9. The van der Waals surface area contributed by atoms with E-state index in [2.05, 4.69) is 15.9 Å². The van der Waals surface area contributed by atoms with E-state index in [0.29, 0.717) is 4.47 Å². The summed E-state index contributed by atoms with van der Waals surface area (Å²) >= 11 is 8.57. The summed E-state index contributed by atoms with van der Waals surface area (Å²) in [4.78, 5) is 11.5. The molecule has 0 heterocycles. The number of benzene rings is 1. The van der Waals surface area contributed by atoms with Crippen molar-refractivity contribution >= 4 is 33.3 Å². The van der Waals surface area contributed by atoms with Crippen LogP contribution in [0.15, 0.2) is 22.7 Å². The summed E-state index contributed by atoms with van der Waals surface area (Å²) in [6, 6.07) is 2.89. The first-order valence-corrected chi connectivity index (χ1v) is 5.51. The van der Waals surface area contributed by atoms with Gasteiger partial charge in [0.15, 0.2) is 5.78 Å². The molecule has 1 rings (SSSR count). The van der Waals surface area contributed by atoms with Crippen LogP contribution in [-0.2, 0) is 6.18 Å². The van der Waals surface area contributed by atoms with E-state index < -0.39 is 22.9 Å². The SMILES string of the molecule is CC(Cl)C(=O)c1cc(C(F)(F)F)ccc1Br. The van der Waals surface area contributed by atoms with Gasteiger partial charge in [-0.05, 0) is 25.1 Å². The molecule has 0 radical (unpaired) electrons. The molecule has 16 heavy (non-hydrogen) atoms. The van der Waals surface area contributed by atoms with Gasteiger partial charge in [-0.1, -0.05) is 15.9 Å². The zero-order chi connectivity index (χ0) is 12.5. The van der Waals surface area contributed by atoms with Gasteiger partial charge in [0.1, 0.15) is 0 Å². The summed E-state index contributed by atoms with van der Waals surface area (Å²) in [7, 11) is 0. The summed E-state index contributed by atoms with van der Waals surface area (Å²) in [5.74, 6) is -0.542. The van der Waals surface area contributed by atoms with Crippen LogP contribution in [-0.4, -0.2) is 11.2 Å². The van der Waals surface area contributed by atoms with E-state index >= 15 is 0 Å². The predicted octanol–water partition coefficient (Wildman–Crippen LogP) is 4.28. The molecule has 0 fully saturated rings. The lowest BCUT2D eigenvalue weighted by Gasteiger charge is -2.10. The van der Waals surface area contributed by atoms with Crippen LogP contribution in [0.2, 0.25) is 0 Å². The van der Waals surface area contributed by atoms with Crippen LogP contribution in [0.25, 0.3) is 0 Å². The average Bonchev–Trinajstić information content (AvgIpc) is 2.15. The van der Waals surface area contributed by atoms with Gasteiger partial charge < -0.3 is 0 Å². The lowest BCUT2D eigenvalue weighted by molar-refractivity contribution is -0.137. The first-order valence-electron chi connectivity index (χ1n) is 4.28. The van der Waals surface area contributed by atoms with Crippen molar-refractivity contribution in [1.82, 2.24) is 0 Å². The van der Waals surface area contributed by atoms with Gasteiger partial charge in [0.25, 0.3) is 0 Å². The van der Waals surface area contributed by atoms with Crippen molar-refractivity contribution < 1.29 is 18.0 Å². The lowest BCUT2D eigenvalue weighted by Crippen LogP contribution is -2.13. The second kappa shape index (κ2) is 4.75. The molecule has 0 aliphatic carbocycles. The van der Waals surface area contributed by atoms with Gasteiger partial charge >= 0.3 is 6.18 Å².